The van der Waals surface area contributed by atoms with E-state index < -0.39 is 15.9 Å². The second-order valence-electron chi connectivity index (χ2n) is 3.87. The van der Waals surface area contributed by atoms with Gasteiger partial charge in [0.25, 0.3) is 0 Å². The van der Waals surface area contributed by atoms with Crippen molar-refractivity contribution in [1.82, 2.24) is 14.5 Å². The van der Waals surface area contributed by atoms with Crippen molar-refractivity contribution in [1.29, 1.82) is 0 Å². The first kappa shape index (κ1) is 14.5. The predicted molar refractivity (Wildman–Crippen MR) is 65.9 cm³/mol. The zero-order valence-electron chi connectivity index (χ0n) is 10.1. The van der Waals surface area contributed by atoms with Crippen LogP contribution in [-0.4, -0.2) is 30.7 Å². The van der Waals surface area contributed by atoms with Crippen LogP contribution in [0.3, 0.4) is 0 Å². The standard InChI is InChI=1S/C9H17N5O3S/c1-14-6-7(9(11)13-14)18(16,17)12-5-3-2-4-8(10)15/h6,12H,2-5H2,1H3,(H2,10,15)(H2,11,13). The Balaban J connectivity index is 2.51. The van der Waals surface area contributed by atoms with E-state index in [9.17, 15) is 13.2 Å². The molecule has 1 aromatic rings. The van der Waals surface area contributed by atoms with Crippen molar-refractivity contribution in [3.8, 4) is 0 Å². The van der Waals surface area contributed by atoms with Gasteiger partial charge in [-0.1, -0.05) is 0 Å². The number of carbonyl (C=O) groups excluding carboxylic acids is 1. The van der Waals surface area contributed by atoms with Crippen molar-refractivity contribution in [2.24, 2.45) is 12.8 Å². The summed E-state index contributed by atoms with van der Waals surface area (Å²) in [4.78, 5) is 10.4. The van der Waals surface area contributed by atoms with Gasteiger partial charge < -0.3 is 11.5 Å². The van der Waals surface area contributed by atoms with Gasteiger partial charge in [-0.3, -0.25) is 9.48 Å². The number of sulfonamides is 1. The van der Waals surface area contributed by atoms with Crippen LogP contribution < -0.4 is 16.2 Å². The molecule has 1 rings (SSSR count). The Morgan fingerprint density at radius 1 is 1.50 bits per heavy atom. The summed E-state index contributed by atoms with van der Waals surface area (Å²) in [5, 5.41) is 3.76. The molecule has 5 N–H and O–H groups in total. The molecular formula is C9H17N5O3S. The van der Waals surface area contributed by atoms with Gasteiger partial charge in [-0.15, -0.1) is 0 Å². The second-order valence-corrected chi connectivity index (χ2v) is 5.61. The van der Waals surface area contributed by atoms with Crippen LogP contribution in [0.15, 0.2) is 11.1 Å². The highest BCUT2D eigenvalue weighted by molar-refractivity contribution is 7.89. The molecule has 0 radical (unpaired) electrons. The average Bonchev–Trinajstić information content (AvgIpc) is 2.57. The van der Waals surface area contributed by atoms with Crippen molar-refractivity contribution in [3.05, 3.63) is 6.20 Å². The summed E-state index contributed by atoms with van der Waals surface area (Å²) in [6.07, 6.45) is 2.65. The Morgan fingerprint density at radius 2 is 2.17 bits per heavy atom. The van der Waals surface area contributed by atoms with Gasteiger partial charge in [-0.05, 0) is 12.8 Å². The van der Waals surface area contributed by atoms with Crippen LogP contribution in [0.1, 0.15) is 19.3 Å². The summed E-state index contributed by atoms with van der Waals surface area (Å²) in [6, 6.07) is 0. The fourth-order valence-corrected chi connectivity index (χ4v) is 2.58. The molecule has 0 aliphatic carbocycles. The van der Waals surface area contributed by atoms with Gasteiger partial charge in [0.05, 0.1) is 0 Å². The van der Waals surface area contributed by atoms with E-state index in [0.29, 0.717) is 12.8 Å². The van der Waals surface area contributed by atoms with Gasteiger partial charge in [-0.2, -0.15) is 5.10 Å². The van der Waals surface area contributed by atoms with Crippen LogP contribution >= 0.6 is 0 Å². The lowest BCUT2D eigenvalue weighted by atomic mass is 10.2. The van der Waals surface area contributed by atoms with E-state index in [1.165, 1.54) is 10.9 Å². The number of aromatic nitrogens is 2. The van der Waals surface area contributed by atoms with E-state index in [-0.39, 0.29) is 23.7 Å². The van der Waals surface area contributed by atoms with Crippen molar-refractivity contribution in [2.45, 2.75) is 24.2 Å². The number of nitrogens with two attached hydrogens (primary N) is 2. The molecule has 1 heterocycles. The van der Waals surface area contributed by atoms with E-state index in [1.807, 2.05) is 0 Å². The van der Waals surface area contributed by atoms with Crippen LogP contribution in [0.5, 0.6) is 0 Å². The van der Waals surface area contributed by atoms with Gasteiger partial charge in [0.2, 0.25) is 15.9 Å². The third kappa shape index (κ3) is 4.00. The molecule has 9 heteroatoms. The number of nitrogen functional groups attached to an aromatic ring is 1. The van der Waals surface area contributed by atoms with Gasteiger partial charge in [0.15, 0.2) is 5.82 Å². The lowest BCUT2D eigenvalue weighted by Gasteiger charge is -2.04. The average molecular weight is 275 g/mol. The number of rotatable bonds is 7. The maximum atomic E-state index is 11.8. The van der Waals surface area contributed by atoms with Gasteiger partial charge in [0, 0.05) is 26.2 Å². The number of anilines is 1. The van der Waals surface area contributed by atoms with E-state index in [4.69, 9.17) is 11.5 Å². The molecule has 1 amide bonds. The van der Waals surface area contributed by atoms with Crippen LogP contribution in [0.4, 0.5) is 5.82 Å². The molecule has 0 aromatic carbocycles. The number of hydrogen-bond acceptors (Lipinski definition) is 5. The Bertz CT molecular complexity index is 522. The summed E-state index contributed by atoms with van der Waals surface area (Å²) in [6.45, 7) is 0.226. The first-order valence-electron chi connectivity index (χ1n) is 5.40. The molecule has 0 bridgehead atoms. The molecule has 0 saturated heterocycles. The molecule has 0 fully saturated rings. The van der Waals surface area contributed by atoms with Crippen molar-refractivity contribution in [2.75, 3.05) is 12.3 Å². The normalized spacial score (nSPS) is 11.6. The third-order valence-corrected chi connectivity index (χ3v) is 3.73. The summed E-state index contributed by atoms with van der Waals surface area (Å²) in [7, 11) is -2.06. The monoisotopic (exact) mass is 275 g/mol. The van der Waals surface area contributed by atoms with Crippen LogP contribution in [0, 0.1) is 0 Å². The number of primary amides is 1. The highest BCUT2D eigenvalue weighted by Crippen LogP contribution is 2.14. The van der Waals surface area contributed by atoms with Gasteiger partial charge >= 0.3 is 0 Å². The largest absolute Gasteiger partial charge is 0.381 e. The number of aryl methyl sites for hydroxylation is 1. The third-order valence-electron chi connectivity index (χ3n) is 2.25. The maximum Gasteiger partial charge on any atom is 0.245 e. The molecule has 0 atom stereocenters. The van der Waals surface area contributed by atoms with E-state index in [2.05, 4.69) is 9.82 Å². The Kier molecular flexibility index (Phi) is 4.68. The Morgan fingerprint density at radius 3 is 2.67 bits per heavy atom. The summed E-state index contributed by atoms with van der Waals surface area (Å²) in [5.74, 6) is -0.434. The fourth-order valence-electron chi connectivity index (χ4n) is 1.40. The van der Waals surface area contributed by atoms with Crippen LogP contribution in [-0.2, 0) is 21.9 Å². The van der Waals surface area contributed by atoms with Crippen molar-refractivity contribution < 1.29 is 13.2 Å². The molecule has 0 spiro atoms. The Labute approximate surface area is 105 Å². The van der Waals surface area contributed by atoms with Crippen molar-refractivity contribution >= 4 is 21.7 Å². The van der Waals surface area contributed by atoms with Crippen LogP contribution in [0.2, 0.25) is 0 Å². The number of carbonyl (C=O) groups is 1. The van der Waals surface area contributed by atoms with Gasteiger partial charge in [0.1, 0.15) is 4.90 Å². The molecule has 0 unspecified atom stereocenters. The zero-order valence-corrected chi connectivity index (χ0v) is 10.9. The molecule has 0 aliphatic heterocycles. The summed E-state index contributed by atoms with van der Waals surface area (Å²) >= 11 is 0. The highest BCUT2D eigenvalue weighted by Gasteiger charge is 2.19. The molecule has 0 saturated carbocycles. The van der Waals surface area contributed by atoms with E-state index in [1.54, 1.807) is 7.05 Å². The maximum absolute atomic E-state index is 11.8. The predicted octanol–water partition coefficient (Wildman–Crippen LogP) is -1.06. The van der Waals surface area contributed by atoms with Crippen LogP contribution in [0.25, 0.3) is 0 Å². The highest BCUT2D eigenvalue weighted by atomic mass is 32.2. The number of nitrogens with one attached hydrogen (secondary N) is 1. The van der Waals surface area contributed by atoms with Crippen molar-refractivity contribution in [3.63, 3.8) is 0 Å². The Hall–Kier alpha value is -1.61. The fraction of sp³-hybridized carbons (Fsp3) is 0.556. The molecule has 0 aliphatic rings. The first-order chi connectivity index (χ1) is 8.33. The number of unbranched alkanes of at least 4 members (excludes halogenated alkanes) is 1. The summed E-state index contributed by atoms with van der Waals surface area (Å²) < 4.78 is 27.4. The molecule has 102 valence electrons. The molecule has 1 aromatic heterocycles. The zero-order chi connectivity index (χ0) is 13.8. The minimum Gasteiger partial charge on any atom is -0.381 e. The lowest BCUT2D eigenvalue weighted by Crippen LogP contribution is -2.25. The molecule has 18 heavy (non-hydrogen) atoms. The van der Waals surface area contributed by atoms with Gasteiger partial charge in [-0.25, -0.2) is 13.1 Å². The SMILES string of the molecule is Cn1cc(S(=O)(=O)NCCCCC(N)=O)c(N)n1. The number of hydrogen-bond donors (Lipinski definition) is 3. The smallest absolute Gasteiger partial charge is 0.245 e. The quantitative estimate of drug-likeness (QED) is 0.545. The lowest BCUT2D eigenvalue weighted by molar-refractivity contribution is -0.118. The first-order valence-corrected chi connectivity index (χ1v) is 6.88. The minimum absolute atomic E-state index is 0.0397. The topological polar surface area (TPSA) is 133 Å². The molecular weight excluding hydrogens is 258 g/mol. The van der Waals surface area contributed by atoms with E-state index >= 15 is 0 Å². The number of amides is 1. The van der Waals surface area contributed by atoms with E-state index in [0.717, 1.165) is 0 Å². The number of nitrogens with zero attached hydrogens (tertiary/aromatic N) is 2. The molecule has 8 nitrogen and oxygen atoms in total. The summed E-state index contributed by atoms with van der Waals surface area (Å²) in [5.41, 5.74) is 10.5. The minimum atomic E-state index is -3.65. The second kappa shape index (κ2) is 5.83.